The first kappa shape index (κ1) is 13.1. The van der Waals surface area contributed by atoms with Crippen molar-refractivity contribution in [3.05, 3.63) is 23.8 Å². The number of urea groups is 1. The fraction of sp³-hybridized carbons (Fsp3) is 0.417. The molecule has 0 spiro atoms. The Morgan fingerprint density at radius 2 is 1.89 bits per heavy atom. The molecule has 0 atom stereocenters. The van der Waals surface area contributed by atoms with E-state index in [9.17, 15) is 14.4 Å². The summed E-state index contributed by atoms with van der Waals surface area (Å²) in [5.74, 6) is -1.13. The van der Waals surface area contributed by atoms with Gasteiger partial charge in [0.05, 0.1) is 24.1 Å². The van der Waals surface area contributed by atoms with E-state index in [0.717, 1.165) is 10.6 Å². The summed E-state index contributed by atoms with van der Waals surface area (Å²) in [5, 5.41) is 2.16. The lowest BCUT2D eigenvalue weighted by atomic mass is 9.89. The number of barbiturate groups is 1. The lowest BCUT2D eigenvalue weighted by Crippen LogP contribution is -2.61. The van der Waals surface area contributed by atoms with Crippen LogP contribution < -0.4 is 5.32 Å². The fourth-order valence-corrected chi connectivity index (χ4v) is 1.65. The van der Waals surface area contributed by atoms with E-state index >= 15 is 0 Å². The molecule has 2 heterocycles. The van der Waals surface area contributed by atoms with E-state index in [1.165, 1.54) is 20.0 Å². The zero-order chi connectivity index (χ0) is 14.2. The highest BCUT2D eigenvalue weighted by Crippen LogP contribution is 2.24. The third-order valence-electron chi connectivity index (χ3n) is 2.97. The van der Waals surface area contributed by atoms with Gasteiger partial charge in [0, 0.05) is 6.20 Å². The topological polar surface area (TPSA) is 92.3 Å². The second kappa shape index (κ2) is 4.42. The molecule has 0 unspecified atom stereocenters. The quantitative estimate of drug-likeness (QED) is 0.778. The van der Waals surface area contributed by atoms with Crippen LogP contribution in [0.5, 0.6) is 0 Å². The van der Waals surface area contributed by atoms with E-state index in [4.69, 9.17) is 0 Å². The number of amides is 4. The molecule has 1 aliphatic heterocycles. The van der Waals surface area contributed by atoms with Crippen molar-refractivity contribution in [1.82, 2.24) is 20.2 Å². The van der Waals surface area contributed by atoms with Gasteiger partial charge in [-0.2, -0.15) is 0 Å². The molecule has 1 aromatic heterocycles. The lowest BCUT2D eigenvalue weighted by molar-refractivity contribution is -0.149. The summed E-state index contributed by atoms with van der Waals surface area (Å²) in [6.07, 6.45) is 3.05. The second-order valence-corrected chi connectivity index (χ2v) is 4.92. The Kier molecular flexibility index (Phi) is 3.05. The summed E-state index contributed by atoms with van der Waals surface area (Å²) < 4.78 is 0. The van der Waals surface area contributed by atoms with Gasteiger partial charge < -0.3 is 0 Å². The number of imide groups is 2. The molecule has 1 aliphatic rings. The molecule has 0 saturated carbocycles. The Labute approximate surface area is 110 Å². The van der Waals surface area contributed by atoms with Crippen LogP contribution in [0.2, 0.25) is 0 Å². The molecular weight excluding hydrogens is 248 g/mol. The molecule has 1 N–H and O–H groups in total. The first-order valence-electron chi connectivity index (χ1n) is 5.77. The van der Waals surface area contributed by atoms with Gasteiger partial charge in [0.2, 0.25) is 11.8 Å². The maximum Gasteiger partial charge on any atom is 0.331 e. The van der Waals surface area contributed by atoms with Crippen LogP contribution in [0.4, 0.5) is 4.79 Å². The molecule has 1 aromatic rings. The van der Waals surface area contributed by atoms with Crippen LogP contribution in [-0.4, -0.2) is 32.7 Å². The summed E-state index contributed by atoms with van der Waals surface area (Å²) in [7, 11) is 0. The number of aromatic nitrogens is 2. The van der Waals surface area contributed by atoms with Crippen molar-refractivity contribution in [2.45, 2.75) is 27.3 Å². The largest absolute Gasteiger partial charge is 0.331 e. The summed E-state index contributed by atoms with van der Waals surface area (Å²) in [4.78, 5) is 44.5. The van der Waals surface area contributed by atoms with Gasteiger partial charge in [-0.15, -0.1) is 0 Å². The van der Waals surface area contributed by atoms with E-state index in [1.54, 1.807) is 13.1 Å². The summed E-state index contributed by atoms with van der Waals surface area (Å²) in [5.41, 5.74) is -0.0283. The van der Waals surface area contributed by atoms with Crippen LogP contribution in [-0.2, 0) is 16.1 Å². The smallest absolute Gasteiger partial charge is 0.277 e. The number of carbonyl (C=O) groups excluding carboxylic acids is 3. The van der Waals surface area contributed by atoms with Gasteiger partial charge in [0.1, 0.15) is 5.41 Å². The summed E-state index contributed by atoms with van der Waals surface area (Å²) in [6.45, 7) is 4.74. The third-order valence-corrected chi connectivity index (χ3v) is 2.97. The molecule has 19 heavy (non-hydrogen) atoms. The zero-order valence-electron chi connectivity index (χ0n) is 10.9. The summed E-state index contributed by atoms with van der Waals surface area (Å²) >= 11 is 0. The van der Waals surface area contributed by atoms with E-state index in [2.05, 4.69) is 15.3 Å². The molecule has 1 fully saturated rings. The van der Waals surface area contributed by atoms with Crippen LogP contribution in [0.1, 0.15) is 25.2 Å². The Morgan fingerprint density at radius 3 is 2.47 bits per heavy atom. The van der Waals surface area contributed by atoms with E-state index in [0.29, 0.717) is 5.69 Å². The molecule has 1 saturated heterocycles. The highest BCUT2D eigenvalue weighted by molar-refractivity contribution is 6.18. The molecule has 7 heteroatoms. The minimum atomic E-state index is -1.26. The van der Waals surface area contributed by atoms with Crippen molar-refractivity contribution in [3.8, 4) is 0 Å². The molecule has 0 bridgehead atoms. The van der Waals surface area contributed by atoms with Crippen molar-refractivity contribution in [3.63, 3.8) is 0 Å². The van der Waals surface area contributed by atoms with Crippen molar-refractivity contribution < 1.29 is 14.4 Å². The SMILES string of the molecule is Cc1cnc(CN2C(=O)NC(=O)C(C)(C)C2=O)cn1. The standard InChI is InChI=1S/C12H14N4O3/c1-7-4-14-8(5-13-7)6-16-10(18)12(2,3)9(17)15-11(16)19/h4-5H,6H2,1-3H3,(H,15,17,19). The van der Waals surface area contributed by atoms with Crippen LogP contribution >= 0.6 is 0 Å². The minimum absolute atomic E-state index is 0.00530. The molecule has 4 amide bonds. The Morgan fingerprint density at radius 1 is 1.21 bits per heavy atom. The maximum absolute atomic E-state index is 12.1. The monoisotopic (exact) mass is 262 g/mol. The fourth-order valence-electron chi connectivity index (χ4n) is 1.65. The van der Waals surface area contributed by atoms with E-state index in [1.807, 2.05) is 0 Å². The Hall–Kier alpha value is -2.31. The number of hydrogen-bond donors (Lipinski definition) is 1. The number of nitrogens with one attached hydrogen (secondary N) is 1. The zero-order valence-corrected chi connectivity index (χ0v) is 10.9. The van der Waals surface area contributed by atoms with Crippen LogP contribution in [0.3, 0.4) is 0 Å². The Balaban J connectivity index is 2.24. The third kappa shape index (κ3) is 2.31. The highest BCUT2D eigenvalue weighted by atomic mass is 16.2. The van der Waals surface area contributed by atoms with Crippen LogP contribution in [0.15, 0.2) is 12.4 Å². The molecule has 0 radical (unpaired) electrons. The predicted octanol–water partition coefficient (Wildman–Crippen LogP) is 0.390. The number of nitrogens with zero attached hydrogens (tertiary/aromatic N) is 3. The van der Waals surface area contributed by atoms with Crippen molar-refractivity contribution in [2.75, 3.05) is 0 Å². The first-order valence-corrected chi connectivity index (χ1v) is 5.77. The molecular formula is C12H14N4O3. The van der Waals surface area contributed by atoms with Gasteiger partial charge in [-0.3, -0.25) is 29.8 Å². The van der Waals surface area contributed by atoms with Crippen molar-refractivity contribution >= 4 is 17.8 Å². The maximum atomic E-state index is 12.1. The molecule has 0 aromatic carbocycles. The van der Waals surface area contributed by atoms with Gasteiger partial charge >= 0.3 is 6.03 Å². The summed E-state index contributed by atoms with van der Waals surface area (Å²) in [6, 6.07) is -0.725. The minimum Gasteiger partial charge on any atom is -0.277 e. The number of rotatable bonds is 2. The first-order chi connectivity index (χ1) is 8.82. The molecule has 0 aliphatic carbocycles. The lowest BCUT2D eigenvalue weighted by Gasteiger charge is -2.34. The van der Waals surface area contributed by atoms with Gasteiger partial charge in [-0.25, -0.2) is 4.79 Å². The van der Waals surface area contributed by atoms with Gasteiger partial charge in [-0.1, -0.05) is 0 Å². The number of carbonyl (C=O) groups is 3. The van der Waals surface area contributed by atoms with Crippen LogP contribution in [0.25, 0.3) is 0 Å². The van der Waals surface area contributed by atoms with Gasteiger partial charge in [0.25, 0.3) is 0 Å². The van der Waals surface area contributed by atoms with Crippen molar-refractivity contribution in [1.29, 1.82) is 0 Å². The average Bonchev–Trinajstić information content (AvgIpc) is 2.35. The molecule has 100 valence electrons. The second-order valence-electron chi connectivity index (χ2n) is 4.92. The Bertz CT molecular complexity index is 551. The van der Waals surface area contributed by atoms with Gasteiger partial charge in [0.15, 0.2) is 0 Å². The molecule has 2 rings (SSSR count). The predicted molar refractivity (Wildman–Crippen MR) is 64.6 cm³/mol. The van der Waals surface area contributed by atoms with E-state index < -0.39 is 23.3 Å². The molecule has 7 nitrogen and oxygen atoms in total. The average molecular weight is 262 g/mol. The number of hydrogen-bond acceptors (Lipinski definition) is 5. The number of aryl methyl sites for hydroxylation is 1. The van der Waals surface area contributed by atoms with Crippen molar-refractivity contribution in [2.24, 2.45) is 5.41 Å². The highest BCUT2D eigenvalue weighted by Gasteiger charge is 2.46. The van der Waals surface area contributed by atoms with Crippen LogP contribution in [0, 0.1) is 12.3 Å². The van der Waals surface area contributed by atoms with Gasteiger partial charge in [-0.05, 0) is 20.8 Å². The normalized spacial score (nSPS) is 18.5. The van der Waals surface area contributed by atoms with E-state index in [-0.39, 0.29) is 6.54 Å².